The summed E-state index contributed by atoms with van der Waals surface area (Å²) in [5, 5.41) is 15.4. The number of thiazole rings is 1. The van der Waals surface area contributed by atoms with Gasteiger partial charge in [-0.3, -0.25) is 10.1 Å². The van der Waals surface area contributed by atoms with Crippen molar-refractivity contribution < 1.29 is 13.3 Å². The van der Waals surface area contributed by atoms with E-state index < -0.39 is 14.8 Å². The van der Waals surface area contributed by atoms with Gasteiger partial charge in [0.2, 0.25) is 0 Å². The number of sulfone groups is 1. The molecule has 0 amide bonds. The van der Waals surface area contributed by atoms with E-state index in [1.165, 1.54) is 25.0 Å². The Morgan fingerprint density at radius 3 is 2.61 bits per heavy atom. The molecule has 0 aliphatic carbocycles. The molecule has 2 aromatic carbocycles. The second-order valence-corrected chi connectivity index (χ2v) is 9.73. The van der Waals surface area contributed by atoms with Crippen LogP contribution in [0.2, 0.25) is 0 Å². The number of hydrogen-bond donors (Lipinski definition) is 1. The first-order chi connectivity index (χ1) is 13.3. The van der Waals surface area contributed by atoms with E-state index in [4.69, 9.17) is 0 Å². The SMILES string of the molecule is CS(=O)(=O)c1ccc(Nc2ccc3nc(N4CCCC4)sc3c2)c([N+](=O)[O-])c1. The van der Waals surface area contributed by atoms with Crippen molar-refractivity contribution in [1.29, 1.82) is 0 Å². The molecule has 8 nitrogen and oxygen atoms in total. The van der Waals surface area contributed by atoms with Gasteiger partial charge in [0.05, 0.1) is 20.0 Å². The number of nitro benzene ring substituents is 1. The van der Waals surface area contributed by atoms with Crippen molar-refractivity contribution in [3.63, 3.8) is 0 Å². The lowest BCUT2D eigenvalue weighted by molar-refractivity contribution is -0.384. The fourth-order valence-electron chi connectivity index (χ4n) is 3.19. The number of benzene rings is 2. The maximum atomic E-state index is 11.7. The largest absolute Gasteiger partial charge is 0.350 e. The highest BCUT2D eigenvalue weighted by molar-refractivity contribution is 7.90. The molecule has 2 heterocycles. The fourth-order valence-corrected chi connectivity index (χ4v) is 4.89. The lowest BCUT2D eigenvalue weighted by Gasteiger charge is -2.11. The normalized spacial score (nSPS) is 14.5. The summed E-state index contributed by atoms with van der Waals surface area (Å²) in [5.74, 6) is 0. The second-order valence-electron chi connectivity index (χ2n) is 6.71. The zero-order chi connectivity index (χ0) is 19.9. The fraction of sp³-hybridized carbons (Fsp3) is 0.278. The highest BCUT2D eigenvalue weighted by atomic mass is 32.2. The molecule has 1 fully saturated rings. The molecule has 0 radical (unpaired) electrons. The van der Waals surface area contributed by atoms with E-state index in [1.54, 1.807) is 11.3 Å². The molecular formula is C18H18N4O4S2. The average molecular weight is 419 g/mol. The minimum atomic E-state index is -3.53. The third kappa shape index (κ3) is 3.65. The van der Waals surface area contributed by atoms with Crippen LogP contribution in [0, 0.1) is 10.1 Å². The van der Waals surface area contributed by atoms with Crippen LogP contribution < -0.4 is 10.2 Å². The van der Waals surface area contributed by atoms with Crippen molar-refractivity contribution in [2.45, 2.75) is 17.7 Å². The standard InChI is InChI=1S/C18H18N4O4S2/c1-28(25,26)13-5-7-14(16(11-13)22(23)24)19-12-4-6-15-17(10-12)27-18(20-15)21-8-2-3-9-21/h4-7,10-11,19H,2-3,8-9H2,1H3. The van der Waals surface area contributed by atoms with Crippen molar-refractivity contribution in [1.82, 2.24) is 4.98 Å². The lowest BCUT2D eigenvalue weighted by Crippen LogP contribution is -2.16. The number of nitrogens with zero attached hydrogens (tertiary/aromatic N) is 3. The van der Waals surface area contributed by atoms with Gasteiger partial charge in [-0.15, -0.1) is 0 Å². The molecule has 0 saturated carbocycles. The number of rotatable bonds is 5. The Morgan fingerprint density at radius 2 is 1.93 bits per heavy atom. The molecule has 10 heteroatoms. The van der Waals surface area contributed by atoms with Crippen molar-refractivity contribution in [2.24, 2.45) is 0 Å². The topological polar surface area (TPSA) is 105 Å². The van der Waals surface area contributed by atoms with Crippen LogP contribution in [0.25, 0.3) is 10.2 Å². The molecule has 0 atom stereocenters. The number of nitrogens with one attached hydrogen (secondary N) is 1. The third-order valence-electron chi connectivity index (χ3n) is 4.63. The Bertz CT molecular complexity index is 1170. The molecule has 1 aliphatic heterocycles. The minimum Gasteiger partial charge on any atom is -0.350 e. The predicted octanol–water partition coefficient (Wildman–Crippen LogP) is 3.95. The van der Waals surface area contributed by atoms with Crippen LogP contribution in [-0.4, -0.2) is 37.7 Å². The van der Waals surface area contributed by atoms with Gasteiger partial charge in [0, 0.05) is 31.1 Å². The summed E-state index contributed by atoms with van der Waals surface area (Å²) < 4.78 is 24.4. The molecule has 146 valence electrons. The number of aromatic nitrogens is 1. The van der Waals surface area contributed by atoms with Crippen LogP contribution in [0.4, 0.5) is 22.2 Å². The number of anilines is 3. The van der Waals surface area contributed by atoms with Gasteiger partial charge < -0.3 is 10.2 Å². The van der Waals surface area contributed by atoms with Gasteiger partial charge in [0.1, 0.15) is 5.69 Å². The van der Waals surface area contributed by atoms with Crippen molar-refractivity contribution in [3.8, 4) is 0 Å². The Kier molecular flexibility index (Phi) is 4.68. The first-order valence-electron chi connectivity index (χ1n) is 8.72. The van der Waals surface area contributed by atoms with Crippen molar-refractivity contribution >= 4 is 53.6 Å². The number of nitro groups is 1. The summed E-state index contributed by atoms with van der Waals surface area (Å²) in [4.78, 5) is 17.7. The van der Waals surface area contributed by atoms with Gasteiger partial charge in [-0.2, -0.15) is 0 Å². The highest BCUT2D eigenvalue weighted by Crippen LogP contribution is 2.35. The summed E-state index contributed by atoms with van der Waals surface area (Å²) in [5.41, 5.74) is 1.52. The van der Waals surface area contributed by atoms with Crippen LogP contribution in [0.15, 0.2) is 41.3 Å². The molecule has 3 aromatic rings. The van der Waals surface area contributed by atoms with Crippen LogP contribution >= 0.6 is 11.3 Å². The Labute approximate surface area is 165 Å². The zero-order valence-corrected chi connectivity index (χ0v) is 16.7. The van der Waals surface area contributed by atoms with E-state index in [0.29, 0.717) is 5.69 Å². The van der Waals surface area contributed by atoms with Gasteiger partial charge >= 0.3 is 0 Å². The van der Waals surface area contributed by atoms with Crippen molar-refractivity contribution in [2.75, 3.05) is 29.6 Å². The van der Waals surface area contributed by atoms with E-state index >= 15 is 0 Å². The summed E-state index contributed by atoms with van der Waals surface area (Å²) in [6.07, 6.45) is 3.38. The summed E-state index contributed by atoms with van der Waals surface area (Å²) in [6, 6.07) is 9.45. The Hall–Kier alpha value is -2.72. The van der Waals surface area contributed by atoms with Crippen LogP contribution in [0.3, 0.4) is 0 Å². The Balaban J connectivity index is 1.66. The molecule has 0 bridgehead atoms. The maximum absolute atomic E-state index is 11.7. The molecule has 0 spiro atoms. The average Bonchev–Trinajstić information content (AvgIpc) is 3.30. The van der Waals surface area contributed by atoms with Gasteiger partial charge in [0.15, 0.2) is 15.0 Å². The molecule has 28 heavy (non-hydrogen) atoms. The number of fused-ring (bicyclic) bond motifs is 1. The summed E-state index contributed by atoms with van der Waals surface area (Å²) >= 11 is 1.60. The van der Waals surface area contributed by atoms with Gasteiger partial charge in [-0.25, -0.2) is 13.4 Å². The minimum absolute atomic E-state index is 0.0853. The van der Waals surface area contributed by atoms with E-state index in [-0.39, 0.29) is 16.3 Å². The highest BCUT2D eigenvalue weighted by Gasteiger charge is 2.20. The lowest BCUT2D eigenvalue weighted by atomic mass is 10.2. The van der Waals surface area contributed by atoms with E-state index in [9.17, 15) is 18.5 Å². The zero-order valence-electron chi connectivity index (χ0n) is 15.1. The smallest absolute Gasteiger partial charge is 0.293 e. The van der Waals surface area contributed by atoms with Gasteiger partial charge in [-0.05, 0) is 43.2 Å². The monoisotopic (exact) mass is 418 g/mol. The molecule has 1 saturated heterocycles. The molecule has 0 unspecified atom stereocenters. The molecule has 1 N–H and O–H groups in total. The molecule has 1 aliphatic rings. The quantitative estimate of drug-likeness (QED) is 0.494. The predicted molar refractivity (Wildman–Crippen MR) is 111 cm³/mol. The molecule has 1 aromatic heterocycles. The number of hydrogen-bond acceptors (Lipinski definition) is 8. The van der Waals surface area contributed by atoms with Crippen LogP contribution in [-0.2, 0) is 9.84 Å². The molecule has 4 rings (SSSR count). The Morgan fingerprint density at radius 1 is 1.18 bits per heavy atom. The second kappa shape index (κ2) is 7.02. The van der Waals surface area contributed by atoms with Crippen LogP contribution in [0.5, 0.6) is 0 Å². The first kappa shape index (κ1) is 18.6. The van der Waals surface area contributed by atoms with Gasteiger partial charge in [0.25, 0.3) is 5.69 Å². The van der Waals surface area contributed by atoms with E-state index in [0.717, 1.165) is 40.8 Å². The first-order valence-corrected chi connectivity index (χ1v) is 11.4. The summed E-state index contributed by atoms with van der Waals surface area (Å²) in [6.45, 7) is 2.04. The summed E-state index contributed by atoms with van der Waals surface area (Å²) in [7, 11) is -3.53. The van der Waals surface area contributed by atoms with Crippen molar-refractivity contribution in [3.05, 3.63) is 46.5 Å². The molecular weight excluding hydrogens is 400 g/mol. The van der Waals surface area contributed by atoms with E-state index in [2.05, 4.69) is 15.2 Å². The third-order valence-corrected chi connectivity index (χ3v) is 6.82. The maximum Gasteiger partial charge on any atom is 0.293 e. The van der Waals surface area contributed by atoms with Crippen LogP contribution in [0.1, 0.15) is 12.8 Å². The van der Waals surface area contributed by atoms with Gasteiger partial charge in [-0.1, -0.05) is 11.3 Å². The van der Waals surface area contributed by atoms with E-state index in [1.807, 2.05) is 18.2 Å².